The SMILES string of the molecule is O=C1Cc2c(sc3c(F)cccc23)C(c2cccc([N+](=O)[O-])c2)N1. The van der Waals surface area contributed by atoms with Gasteiger partial charge < -0.3 is 5.32 Å². The molecule has 2 aromatic carbocycles. The molecule has 2 heterocycles. The third-order valence-electron chi connectivity index (χ3n) is 4.12. The summed E-state index contributed by atoms with van der Waals surface area (Å²) in [5, 5.41) is 14.6. The number of amides is 1. The molecule has 0 spiro atoms. The van der Waals surface area contributed by atoms with Gasteiger partial charge in [-0.05, 0) is 22.6 Å². The molecule has 5 nitrogen and oxygen atoms in total. The Morgan fingerprint density at radius 3 is 2.83 bits per heavy atom. The van der Waals surface area contributed by atoms with E-state index in [1.807, 2.05) is 0 Å². The molecule has 120 valence electrons. The van der Waals surface area contributed by atoms with Crippen LogP contribution < -0.4 is 5.32 Å². The van der Waals surface area contributed by atoms with Crippen LogP contribution in [0.25, 0.3) is 10.1 Å². The quantitative estimate of drug-likeness (QED) is 0.570. The molecule has 1 unspecified atom stereocenters. The predicted molar refractivity (Wildman–Crippen MR) is 88.6 cm³/mol. The van der Waals surface area contributed by atoms with Gasteiger partial charge in [0.1, 0.15) is 5.82 Å². The van der Waals surface area contributed by atoms with E-state index in [-0.39, 0.29) is 23.8 Å². The molecule has 1 aromatic heterocycles. The number of non-ortho nitro benzene ring substituents is 1. The number of benzene rings is 2. The van der Waals surface area contributed by atoms with E-state index in [4.69, 9.17) is 0 Å². The number of thiophene rings is 1. The maximum absolute atomic E-state index is 14.1. The number of nitrogens with zero attached hydrogens (tertiary/aromatic N) is 1. The van der Waals surface area contributed by atoms with Crippen molar-refractivity contribution < 1.29 is 14.1 Å². The van der Waals surface area contributed by atoms with Gasteiger partial charge in [0.2, 0.25) is 5.91 Å². The number of rotatable bonds is 2. The summed E-state index contributed by atoms with van der Waals surface area (Å²) in [6.45, 7) is 0. The van der Waals surface area contributed by atoms with E-state index >= 15 is 0 Å². The lowest BCUT2D eigenvalue weighted by molar-refractivity contribution is -0.384. The molecule has 0 bridgehead atoms. The van der Waals surface area contributed by atoms with Crippen LogP contribution in [0.15, 0.2) is 42.5 Å². The number of nitrogens with one attached hydrogen (secondary N) is 1. The first kappa shape index (κ1) is 14.8. The van der Waals surface area contributed by atoms with Gasteiger partial charge in [0, 0.05) is 17.0 Å². The molecule has 0 aliphatic carbocycles. The van der Waals surface area contributed by atoms with Gasteiger partial charge in [-0.3, -0.25) is 14.9 Å². The molecule has 0 radical (unpaired) electrons. The van der Waals surface area contributed by atoms with Gasteiger partial charge in [-0.2, -0.15) is 0 Å². The van der Waals surface area contributed by atoms with Gasteiger partial charge in [-0.1, -0.05) is 24.3 Å². The fraction of sp³-hybridized carbons (Fsp3) is 0.118. The number of carbonyl (C=O) groups excluding carboxylic acids is 1. The van der Waals surface area contributed by atoms with Gasteiger partial charge in [0.15, 0.2) is 0 Å². The minimum Gasteiger partial charge on any atom is -0.344 e. The third-order valence-corrected chi connectivity index (χ3v) is 5.44. The molecule has 4 rings (SSSR count). The van der Waals surface area contributed by atoms with E-state index in [1.165, 1.54) is 29.5 Å². The molecular formula is C17H11FN2O3S. The zero-order valence-corrected chi connectivity index (χ0v) is 13.1. The zero-order valence-electron chi connectivity index (χ0n) is 12.3. The maximum atomic E-state index is 14.1. The number of hydrogen-bond donors (Lipinski definition) is 1. The van der Waals surface area contributed by atoms with Crippen LogP contribution in [0.5, 0.6) is 0 Å². The summed E-state index contributed by atoms with van der Waals surface area (Å²) < 4.78 is 14.6. The second-order valence-corrected chi connectivity index (χ2v) is 6.64. The van der Waals surface area contributed by atoms with Gasteiger partial charge >= 0.3 is 0 Å². The number of nitro groups is 1. The van der Waals surface area contributed by atoms with E-state index in [1.54, 1.807) is 24.3 Å². The maximum Gasteiger partial charge on any atom is 0.269 e. The van der Waals surface area contributed by atoms with Crippen LogP contribution in [0.1, 0.15) is 22.0 Å². The summed E-state index contributed by atoms with van der Waals surface area (Å²) >= 11 is 1.29. The number of halogens is 1. The van der Waals surface area contributed by atoms with Crippen molar-refractivity contribution >= 4 is 33.0 Å². The normalized spacial score (nSPS) is 16.7. The Kier molecular flexibility index (Phi) is 3.31. The molecule has 1 atom stereocenters. The molecule has 0 saturated heterocycles. The highest BCUT2D eigenvalue weighted by Crippen LogP contribution is 2.41. The number of hydrogen-bond acceptors (Lipinski definition) is 4. The molecule has 24 heavy (non-hydrogen) atoms. The van der Waals surface area contributed by atoms with E-state index in [2.05, 4.69) is 5.32 Å². The smallest absolute Gasteiger partial charge is 0.269 e. The van der Waals surface area contributed by atoms with Crippen LogP contribution in [0.2, 0.25) is 0 Å². The van der Waals surface area contributed by atoms with Gasteiger partial charge in [-0.15, -0.1) is 11.3 Å². The first-order chi connectivity index (χ1) is 11.5. The zero-order chi connectivity index (χ0) is 16.8. The summed E-state index contributed by atoms with van der Waals surface area (Å²) in [4.78, 5) is 23.5. The number of carbonyl (C=O) groups is 1. The first-order valence-corrected chi connectivity index (χ1v) is 8.10. The summed E-state index contributed by atoms with van der Waals surface area (Å²) in [6.07, 6.45) is 0.185. The Morgan fingerprint density at radius 2 is 2.04 bits per heavy atom. The van der Waals surface area contributed by atoms with E-state index < -0.39 is 11.0 Å². The van der Waals surface area contributed by atoms with Crippen LogP contribution in [-0.2, 0) is 11.2 Å². The summed E-state index contributed by atoms with van der Waals surface area (Å²) in [7, 11) is 0. The highest BCUT2D eigenvalue weighted by atomic mass is 32.1. The Hall–Kier alpha value is -2.80. The first-order valence-electron chi connectivity index (χ1n) is 7.28. The standard InChI is InChI=1S/C17H11FN2O3S/c18-13-6-2-5-11-12-8-14(21)19-15(17(12)24-16(11)13)9-3-1-4-10(7-9)20(22)23/h1-7,15H,8H2,(H,19,21). The van der Waals surface area contributed by atoms with Crippen molar-refractivity contribution in [1.29, 1.82) is 0 Å². The third kappa shape index (κ3) is 2.25. The van der Waals surface area contributed by atoms with Crippen molar-refractivity contribution in [1.82, 2.24) is 5.32 Å². The van der Waals surface area contributed by atoms with Crippen molar-refractivity contribution in [2.75, 3.05) is 0 Å². The van der Waals surface area contributed by atoms with Crippen molar-refractivity contribution in [2.45, 2.75) is 12.5 Å². The molecule has 0 fully saturated rings. The van der Waals surface area contributed by atoms with E-state index in [0.717, 1.165) is 15.8 Å². The van der Waals surface area contributed by atoms with Crippen LogP contribution >= 0.6 is 11.3 Å². The van der Waals surface area contributed by atoms with Gasteiger partial charge in [0.05, 0.1) is 22.1 Å². The van der Waals surface area contributed by atoms with Crippen molar-refractivity contribution in [3.63, 3.8) is 0 Å². The number of fused-ring (bicyclic) bond motifs is 3. The largest absolute Gasteiger partial charge is 0.344 e. The summed E-state index contributed by atoms with van der Waals surface area (Å²) in [5.74, 6) is -0.500. The fourth-order valence-corrected chi connectivity index (χ4v) is 4.37. The van der Waals surface area contributed by atoms with E-state index in [0.29, 0.717) is 10.3 Å². The van der Waals surface area contributed by atoms with Crippen LogP contribution in [0, 0.1) is 15.9 Å². The van der Waals surface area contributed by atoms with Crippen molar-refractivity contribution in [2.24, 2.45) is 0 Å². The molecule has 1 amide bonds. The minimum atomic E-state index is -0.502. The second kappa shape index (κ2) is 5.38. The fourth-order valence-electron chi connectivity index (χ4n) is 3.06. The number of nitro benzene ring substituents is 1. The monoisotopic (exact) mass is 342 g/mol. The van der Waals surface area contributed by atoms with Crippen LogP contribution in [0.3, 0.4) is 0 Å². The molecule has 1 N–H and O–H groups in total. The molecule has 1 aliphatic rings. The van der Waals surface area contributed by atoms with Crippen LogP contribution in [-0.4, -0.2) is 10.8 Å². The van der Waals surface area contributed by atoms with Crippen LogP contribution in [0.4, 0.5) is 10.1 Å². The van der Waals surface area contributed by atoms with Gasteiger partial charge in [-0.25, -0.2) is 4.39 Å². The second-order valence-electron chi connectivity index (χ2n) is 5.59. The van der Waals surface area contributed by atoms with Crippen molar-refractivity contribution in [3.8, 4) is 0 Å². The molecule has 7 heteroatoms. The average Bonchev–Trinajstić information content (AvgIpc) is 2.94. The average molecular weight is 342 g/mol. The highest BCUT2D eigenvalue weighted by Gasteiger charge is 2.30. The molecule has 1 aliphatic heterocycles. The predicted octanol–water partition coefficient (Wildman–Crippen LogP) is 3.71. The Labute approximate surface area is 139 Å². The van der Waals surface area contributed by atoms with E-state index in [9.17, 15) is 19.3 Å². The molecular weight excluding hydrogens is 331 g/mol. The lowest BCUT2D eigenvalue weighted by atomic mass is 9.94. The Morgan fingerprint density at radius 1 is 1.25 bits per heavy atom. The summed E-state index contributed by atoms with van der Waals surface area (Å²) in [5.41, 5.74) is 1.38. The van der Waals surface area contributed by atoms with Crippen molar-refractivity contribution in [3.05, 3.63) is 74.4 Å². The highest BCUT2D eigenvalue weighted by molar-refractivity contribution is 7.19. The lowest BCUT2D eigenvalue weighted by Crippen LogP contribution is -2.34. The topological polar surface area (TPSA) is 72.2 Å². The Bertz CT molecular complexity index is 999. The lowest BCUT2D eigenvalue weighted by Gasteiger charge is -2.24. The molecule has 0 saturated carbocycles. The van der Waals surface area contributed by atoms with Gasteiger partial charge in [0.25, 0.3) is 5.69 Å². The minimum absolute atomic E-state index is 0.0406. The summed E-state index contributed by atoms with van der Waals surface area (Å²) in [6, 6.07) is 10.5. The Balaban J connectivity index is 1.92. The molecule has 3 aromatic rings.